The second-order valence-corrected chi connectivity index (χ2v) is 8.79. The summed E-state index contributed by atoms with van der Waals surface area (Å²) in [6.07, 6.45) is 1.62. The van der Waals surface area contributed by atoms with Crippen LogP contribution in [-0.2, 0) is 6.54 Å². The lowest BCUT2D eigenvalue weighted by Crippen LogP contribution is -2.24. The predicted molar refractivity (Wildman–Crippen MR) is 122 cm³/mol. The number of thioether (sulfide) groups is 1. The van der Waals surface area contributed by atoms with Crippen molar-refractivity contribution >= 4 is 23.4 Å². The molecule has 0 aliphatic rings. The van der Waals surface area contributed by atoms with Gasteiger partial charge in [-0.3, -0.25) is 9.55 Å². The zero-order chi connectivity index (χ0) is 23.8. The van der Waals surface area contributed by atoms with E-state index in [9.17, 15) is 23.1 Å². The number of hydrogen-bond donors (Lipinski definition) is 1. The molecule has 1 N–H and O–H groups in total. The number of aromatic nitrogens is 3. The number of pyridine rings is 1. The lowest BCUT2D eigenvalue weighted by Gasteiger charge is -2.08. The lowest BCUT2D eigenvalue weighted by atomic mass is 10.1. The molecule has 0 saturated carbocycles. The van der Waals surface area contributed by atoms with Crippen molar-refractivity contribution < 1.29 is 18.3 Å². The Morgan fingerprint density at radius 3 is 2.48 bits per heavy atom. The number of imidazole rings is 1. The Morgan fingerprint density at radius 2 is 1.82 bits per heavy atom. The topological polar surface area (TPSA) is 60.1 Å². The molecule has 0 spiro atoms. The SMILES string of the molecule is Cc1c(O)n(-c2ccc(SC(F)(F)F)cc2)c(=O)n1Cc1ccnc(-c2cccc(Cl)c2)c1. The largest absolute Gasteiger partial charge is 0.493 e. The Labute approximate surface area is 196 Å². The first-order chi connectivity index (χ1) is 15.6. The van der Waals surface area contributed by atoms with Gasteiger partial charge in [0.2, 0.25) is 5.88 Å². The third-order valence-corrected chi connectivity index (χ3v) is 5.95. The summed E-state index contributed by atoms with van der Waals surface area (Å²) in [7, 11) is 0. The van der Waals surface area contributed by atoms with E-state index in [0.717, 1.165) is 15.7 Å². The van der Waals surface area contributed by atoms with Gasteiger partial charge in [-0.1, -0.05) is 23.7 Å². The highest BCUT2D eigenvalue weighted by Gasteiger charge is 2.29. The number of benzene rings is 2. The summed E-state index contributed by atoms with van der Waals surface area (Å²) >= 11 is 5.82. The molecule has 0 amide bonds. The first-order valence-electron chi connectivity index (χ1n) is 9.70. The molecule has 0 atom stereocenters. The molecule has 170 valence electrons. The van der Waals surface area contributed by atoms with Gasteiger partial charge in [0.1, 0.15) is 0 Å². The molecule has 2 aromatic heterocycles. The monoisotopic (exact) mass is 491 g/mol. The summed E-state index contributed by atoms with van der Waals surface area (Å²) in [4.78, 5) is 17.4. The van der Waals surface area contributed by atoms with Crippen molar-refractivity contribution in [2.45, 2.75) is 23.9 Å². The quantitative estimate of drug-likeness (QED) is 0.346. The summed E-state index contributed by atoms with van der Waals surface area (Å²) in [5, 5.41) is 11.2. The van der Waals surface area contributed by atoms with Crippen LogP contribution >= 0.6 is 23.4 Å². The standard InChI is InChI=1S/C23H17ClF3N3O2S/c1-14-21(31)30(18-5-7-19(8-6-18)33-23(25,26)27)22(32)29(14)13-15-9-10-28-20(11-15)16-3-2-4-17(24)12-16/h2-12,31H,13H2,1H3. The van der Waals surface area contributed by atoms with Gasteiger partial charge >= 0.3 is 11.2 Å². The average Bonchev–Trinajstić information content (AvgIpc) is 2.97. The molecule has 0 aliphatic carbocycles. The van der Waals surface area contributed by atoms with Gasteiger partial charge < -0.3 is 5.11 Å². The molecule has 0 radical (unpaired) electrons. The van der Waals surface area contributed by atoms with Crippen molar-refractivity contribution in [1.82, 2.24) is 14.1 Å². The molecule has 0 fully saturated rings. The van der Waals surface area contributed by atoms with Crippen molar-refractivity contribution in [3.8, 4) is 22.8 Å². The smallest absolute Gasteiger partial charge is 0.446 e. The molecule has 2 heterocycles. The average molecular weight is 492 g/mol. The minimum absolute atomic E-state index is 0.0136. The third kappa shape index (κ3) is 5.09. The number of halogens is 4. The van der Waals surface area contributed by atoms with Gasteiger partial charge in [-0.2, -0.15) is 13.2 Å². The Bertz CT molecular complexity index is 1360. The van der Waals surface area contributed by atoms with E-state index in [1.807, 2.05) is 18.2 Å². The number of aromatic hydroxyl groups is 1. The minimum atomic E-state index is -4.41. The van der Waals surface area contributed by atoms with Crippen molar-refractivity contribution in [1.29, 1.82) is 0 Å². The van der Waals surface area contributed by atoms with E-state index in [0.29, 0.717) is 16.4 Å². The number of alkyl halides is 3. The van der Waals surface area contributed by atoms with E-state index in [1.165, 1.54) is 28.8 Å². The fourth-order valence-electron chi connectivity index (χ4n) is 3.41. The maximum absolute atomic E-state index is 13.1. The highest BCUT2D eigenvalue weighted by molar-refractivity contribution is 8.00. The van der Waals surface area contributed by atoms with Crippen LogP contribution in [0.15, 0.2) is 76.6 Å². The molecule has 0 aliphatic heterocycles. The van der Waals surface area contributed by atoms with E-state index in [-0.39, 0.29) is 34.8 Å². The molecule has 4 aromatic rings. The summed E-state index contributed by atoms with van der Waals surface area (Å²) in [5.74, 6) is -0.277. The van der Waals surface area contributed by atoms with Crippen LogP contribution in [0.2, 0.25) is 5.02 Å². The van der Waals surface area contributed by atoms with Crippen molar-refractivity contribution in [2.75, 3.05) is 0 Å². The van der Waals surface area contributed by atoms with E-state index >= 15 is 0 Å². The number of nitrogens with zero attached hydrogens (tertiary/aromatic N) is 3. The molecule has 2 aromatic carbocycles. The van der Waals surface area contributed by atoms with E-state index in [1.54, 1.807) is 31.3 Å². The molecule has 10 heteroatoms. The van der Waals surface area contributed by atoms with Crippen LogP contribution in [0.4, 0.5) is 13.2 Å². The van der Waals surface area contributed by atoms with E-state index < -0.39 is 11.2 Å². The van der Waals surface area contributed by atoms with Crippen LogP contribution < -0.4 is 5.69 Å². The van der Waals surface area contributed by atoms with E-state index in [2.05, 4.69) is 4.98 Å². The van der Waals surface area contributed by atoms with Crippen LogP contribution in [0, 0.1) is 6.92 Å². The van der Waals surface area contributed by atoms with Crippen molar-refractivity contribution in [3.05, 3.63) is 93.6 Å². The van der Waals surface area contributed by atoms with Gasteiger partial charge in [0.05, 0.1) is 23.6 Å². The summed E-state index contributed by atoms with van der Waals surface area (Å²) in [5.41, 5.74) is -2.04. The van der Waals surface area contributed by atoms with Gasteiger partial charge in [0.15, 0.2) is 0 Å². The lowest BCUT2D eigenvalue weighted by molar-refractivity contribution is -0.0328. The van der Waals surface area contributed by atoms with Crippen LogP contribution in [0.5, 0.6) is 5.88 Å². The molecule has 5 nitrogen and oxygen atoms in total. The van der Waals surface area contributed by atoms with Crippen LogP contribution in [0.1, 0.15) is 11.3 Å². The van der Waals surface area contributed by atoms with Gasteiger partial charge in [-0.15, -0.1) is 0 Å². The Kier molecular flexibility index (Phi) is 6.27. The molecular weight excluding hydrogens is 475 g/mol. The Morgan fingerprint density at radius 1 is 1.09 bits per heavy atom. The van der Waals surface area contributed by atoms with Gasteiger partial charge in [-0.25, -0.2) is 9.36 Å². The predicted octanol–water partition coefficient (Wildman–Crippen LogP) is 6.03. The fourth-order valence-corrected chi connectivity index (χ4v) is 4.14. The van der Waals surface area contributed by atoms with Crippen LogP contribution in [0.25, 0.3) is 16.9 Å². The molecule has 4 rings (SSSR count). The molecule has 33 heavy (non-hydrogen) atoms. The minimum Gasteiger partial charge on any atom is -0.493 e. The number of hydrogen-bond acceptors (Lipinski definition) is 4. The summed E-state index contributed by atoms with van der Waals surface area (Å²) in [6.45, 7) is 1.77. The first-order valence-corrected chi connectivity index (χ1v) is 10.9. The highest BCUT2D eigenvalue weighted by Crippen LogP contribution is 2.37. The highest BCUT2D eigenvalue weighted by atomic mass is 35.5. The molecule has 0 bridgehead atoms. The van der Waals surface area contributed by atoms with Gasteiger partial charge in [0, 0.05) is 21.7 Å². The first kappa shape index (κ1) is 23.0. The van der Waals surface area contributed by atoms with Gasteiger partial charge in [0.25, 0.3) is 0 Å². The molecule has 0 saturated heterocycles. The zero-order valence-corrected chi connectivity index (χ0v) is 18.7. The van der Waals surface area contributed by atoms with E-state index in [4.69, 9.17) is 11.6 Å². The molecule has 0 unspecified atom stereocenters. The van der Waals surface area contributed by atoms with Crippen molar-refractivity contribution in [2.24, 2.45) is 0 Å². The van der Waals surface area contributed by atoms with Crippen LogP contribution in [-0.4, -0.2) is 24.7 Å². The van der Waals surface area contributed by atoms with Gasteiger partial charge in [-0.05, 0) is 72.8 Å². The summed E-state index contributed by atoms with van der Waals surface area (Å²) in [6, 6.07) is 16.1. The number of rotatable bonds is 5. The Hall–Kier alpha value is -3.17. The second-order valence-electron chi connectivity index (χ2n) is 7.21. The maximum atomic E-state index is 13.1. The Balaban J connectivity index is 1.66. The summed E-state index contributed by atoms with van der Waals surface area (Å²) < 4.78 is 40.2. The van der Waals surface area contributed by atoms with Crippen molar-refractivity contribution in [3.63, 3.8) is 0 Å². The second kappa shape index (κ2) is 8.99. The third-order valence-electron chi connectivity index (χ3n) is 4.98. The molecular formula is C23H17ClF3N3O2S. The maximum Gasteiger partial charge on any atom is 0.446 e. The van der Waals surface area contributed by atoms with Crippen LogP contribution in [0.3, 0.4) is 0 Å². The zero-order valence-electron chi connectivity index (χ0n) is 17.2. The fraction of sp³-hybridized carbons (Fsp3) is 0.130. The normalized spacial score (nSPS) is 11.7.